The second-order valence-electron chi connectivity index (χ2n) is 7.59. The Morgan fingerprint density at radius 3 is 2.67 bits per heavy atom. The largest absolute Gasteiger partial charge is 0.485 e. The van der Waals surface area contributed by atoms with Gasteiger partial charge in [-0.05, 0) is 30.8 Å². The lowest BCUT2D eigenvalue weighted by atomic mass is 9.96. The van der Waals surface area contributed by atoms with Gasteiger partial charge in [0.15, 0.2) is 23.6 Å². The van der Waals surface area contributed by atoms with Crippen LogP contribution in [-0.4, -0.2) is 68.0 Å². The van der Waals surface area contributed by atoms with Gasteiger partial charge >= 0.3 is 5.97 Å². The van der Waals surface area contributed by atoms with E-state index in [1.807, 2.05) is 36.4 Å². The molecule has 0 spiro atoms. The molecule has 2 aliphatic heterocycles. The number of morpholine rings is 1. The molecule has 7 nitrogen and oxygen atoms in total. The highest BCUT2D eigenvalue weighted by atomic mass is 16.6. The summed E-state index contributed by atoms with van der Waals surface area (Å²) < 4.78 is 16.2. The van der Waals surface area contributed by atoms with Crippen molar-refractivity contribution in [2.75, 3.05) is 39.5 Å². The zero-order chi connectivity index (χ0) is 20.9. The summed E-state index contributed by atoms with van der Waals surface area (Å²) in [4.78, 5) is 39.6. The standard InChI is InChI=1S/C23H25NO6/c25-18(15-29-19-8-3-6-16-5-1-2-7-17(16)19)21-22(26)20(30-23(21)27)9-4-10-24-11-13-28-14-12-24/h1-3,5-8,20-21H,4,9-15H2. The summed E-state index contributed by atoms with van der Waals surface area (Å²) in [7, 11) is 0. The average Bonchev–Trinajstić information content (AvgIpc) is 3.06. The van der Waals surface area contributed by atoms with Crippen LogP contribution in [0.1, 0.15) is 12.8 Å². The van der Waals surface area contributed by atoms with Crippen LogP contribution < -0.4 is 4.74 Å². The minimum Gasteiger partial charge on any atom is -0.485 e. The Balaban J connectivity index is 1.31. The van der Waals surface area contributed by atoms with E-state index < -0.39 is 29.6 Å². The number of esters is 1. The van der Waals surface area contributed by atoms with Gasteiger partial charge in [-0.15, -0.1) is 0 Å². The van der Waals surface area contributed by atoms with Gasteiger partial charge in [0, 0.05) is 18.5 Å². The van der Waals surface area contributed by atoms with Crippen molar-refractivity contribution in [2.45, 2.75) is 18.9 Å². The van der Waals surface area contributed by atoms with E-state index in [1.165, 1.54) is 0 Å². The van der Waals surface area contributed by atoms with Crippen molar-refractivity contribution in [1.29, 1.82) is 0 Å². The molecule has 4 rings (SSSR count). The highest BCUT2D eigenvalue weighted by molar-refractivity contribution is 6.22. The monoisotopic (exact) mass is 411 g/mol. The van der Waals surface area contributed by atoms with Crippen molar-refractivity contribution in [2.24, 2.45) is 5.92 Å². The molecule has 2 aromatic rings. The summed E-state index contributed by atoms with van der Waals surface area (Å²) in [5, 5.41) is 1.85. The molecule has 158 valence electrons. The fourth-order valence-electron chi connectivity index (χ4n) is 3.94. The van der Waals surface area contributed by atoms with Crippen molar-refractivity contribution in [3.8, 4) is 5.75 Å². The van der Waals surface area contributed by atoms with Crippen molar-refractivity contribution < 1.29 is 28.6 Å². The lowest BCUT2D eigenvalue weighted by Gasteiger charge is -2.26. The molecule has 0 aromatic heterocycles. The second-order valence-corrected chi connectivity index (χ2v) is 7.59. The number of benzene rings is 2. The Bertz CT molecular complexity index is 931. The minimum atomic E-state index is -1.38. The number of nitrogens with zero attached hydrogens (tertiary/aromatic N) is 1. The van der Waals surface area contributed by atoms with E-state index in [9.17, 15) is 14.4 Å². The molecular formula is C23H25NO6. The van der Waals surface area contributed by atoms with E-state index in [1.54, 1.807) is 6.07 Å². The summed E-state index contributed by atoms with van der Waals surface area (Å²) in [6.45, 7) is 3.62. The third-order valence-electron chi connectivity index (χ3n) is 5.58. The zero-order valence-corrected chi connectivity index (χ0v) is 16.7. The predicted octanol–water partition coefficient (Wildman–Crippen LogP) is 2.01. The number of ether oxygens (including phenoxy) is 3. The van der Waals surface area contributed by atoms with Crippen LogP contribution in [0.5, 0.6) is 5.75 Å². The highest BCUT2D eigenvalue weighted by Gasteiger charge is 2.47. The molecule has 0 amide bonds. The van der Waals surface area contributed by atoms with Gasteiger partial charge in [0.05, 0.1) is 13.2 Å². The number of rotatable bonds is 8. The number of ketones is 2. The number of Topliss-reactive ketones (excluding diaryl/α,β-unsaturated/α-hetero) is 2. The van der Waals surface area contributed by atoms with Crippen molar-refractivity contribution in [1.82, 2.24) is 4.90 Å². The van der Waals surface area contributed by atoms with Crippen molar-refractivity contribution in [3.63, 3.8) is 0 Å². The first kappa shape index (κ1) is 20.5. The molecule has 2 heterocycles. The minimum absolute atomic E-state index is 0.347. The Kier molecular flexibility index (Phi) is 6.40. The number of fused-ring (bicyclic) bond motifs is 1. The second kappa shape index (κ2) is 9.36. The van der Waals surface area contributed by atoms with Gasteiger partial charge in [0.2, 0.25) is 0 Å². The Labute approximate surface area is 174 Å². The summed E-state index contributed by atoms with van der Waals surface area (Å²) >= 11 is 0. The quantitative estimate of drug-likeness (QED) is 0.485. The first-order valence-electron chi connectivity index (χ1n) is 10.3. The predicted molar refractivity (Wildman–Crippen MR) is 109 cm³/mol. The molecule has 2 fully saturated rings. The Hall–Kier alpha value is -2.77. The summed E-state index contributed by atoms with van der Waals surface area (Å²) in [6.07, 6.45) is 0.303. The first-order valence-corrected chi connectivity index (χ1v) is 10.3. The van der Waals surface area contributed by atoms with Gasteiger partial charge in [-0.3, -0.25) is 19.3 Å². The number of hydrogen-bond donors (Lipinski definition) is 0. The Morgan fingerprint density at radius 2 is 1.83 bits per heavy atom. The van der Waals surface area contributed by atoms with Crippen LogP contribution in [-0.2, 0) is 23.9 Å². The van der Waals surface area contributed by atoms with Crippen LogP contribution in [0, 0.1) is 5.92 Å². The molecule has 2 unspecified atom stereocenters. The van der Waals surface area contributed by atoms with E-state index >= 15 is 0 Å². The SMILES string of the molecule is O=C(COc1cccc2ccccc12)C1C(=O)OC(CCCN2CCOCC2)C1=O. The summed E-state index contributed by atoms with van der Waals surface area (Å²) in [5.41, 5.74) is 0. The maximum Gasteiger partial charge on any atom is 0.325 e. The number of carbonyl (C=O) groups excluding carboxylic acids is 3. The van der Waals surface area contributed by atoms with Gasteiger partial charge in [-0.1, -0.05) is 36.4 Å². The van der Waals surface area contributed by atoms with E-state index in [4.69, 9.17) is 14.2 Å². The molecule has 2 saturated heterocycles. The van der Waals surface area contributed by atoms with Crippen molar-refractivity contribution in [3.05, 3.63) is 42.5 Å². The van der Waals surface area contributed by atoms with Crippen LogP contribution in [0.25, 0.3) is 10.8 Å². The van der Waals surface area contributed by atoms with Crippen LogP contribution in [0.15, 0.2) is 42.5 Å². The topological polar surface area (TPSA) is 82.1 Å². The van der Waals surface area contributed by atoms with E-state index in [0.717, 1.165) is 36.8 Å². The Morgan fingerprint density at radius 1 is 1.07 bits per heavy atom. The van der Waals surface area contributed by atoms with Crippen LogP contribution in [0.3, 0.4) is 0 Å². The molecule has 7 heteroatoms. The molecule has 2 aromatic carbocycles. The number of cyclic esters (lactones) is 1. The lowest BCUT2D eigenvalue weighted by molar-refractivity contribution is -0.147. The van der Waals surface area contributed by atoms with Crippen LogP contribution >= 0.6 is 0 Å². The van der Waals surface area contributed by atoms with Crippen LogP contribution in [0.4, 0.5) is 0 Å². The molecule has 30 heavy (non-hydrogen) atoms. The molecule has 0 bridgehead atoms. The lowest BCUT2D eigenvalue weighted by Crippen LogP contribution is -2.37. The van der Waals surface area contributed by atoms with Gasteiger partial charge in [0.1, 0.15) is 12.4 Å². The maximum absolute atomic E-state index is 12.6. The molecule has 0 aliphatic carbocycles. The molecule has 0 N–H and O–H groups in total. The maximum atomic E-state index is 12.6. The third kappa shape index (κ3) is 4.52. The molecule has 0 saturated carbocycles. The fourth-order valence-corrected chi connectivity index (χ4v) is 3.94. The molecule has 2 aliphatic rings. The fraction of sp³-hybridized carbons (Fsp3) is 0.435. The number of carbonyl (C=O) groups is 3. The van der Waals surface area contributed by atoms with E-state index in [-0.39, 0.29) is 6.61 Å². The normalized spacial score (nSPS) is 22.3. The zero-order valence-electron chi connectivity index (χ0n) is 16.7. The van der Waals surface area contributed by atoms with Gasteiger partial charge < -0.3 is 14.2 Å². The van der Waals surface area contributed by atoms with Crippen molar-refractivity contribution >= 4 is 28.3 Å². The summed E-state index contributed by atoms with van der Waals surface area (Å²) in [5.74, 6) is -2.61. The third-order valence-corrected chi connectivity index (χ3v) is 5.58. The molecule has 0 radical (unpaired) electrons. The molecular weight excluding hydrogens is 386 g/mol. The first-order chi connectivity index (χ1) is 14.6. The smallest absolute Gasteiger partial charge is 0.325 e. The molecule has 2 atom stereocenters. The highest BCUT2D eigenvalue weighted by Crippen LogP contribution is 2.26. The summed E-state index contributed by atoms with van der Waals surface area (Å²) in [6, 6.07) is 13.2. The van der Waals surface area contributed by atoms with Crippen LogP contribution in [0.2, 0.25) is 0 Å². The van der Waals surface area contributed by atoms with Gasteiger partial charge in [0.25, 0.3) is 0 Å². The van der Waals surface area contributed by atoms with Gasteiger partial charge in [-0.2, -0.15) is 0 Å². The van der Waals surface area contributed by atoms with E-state index in [2.05, 4.69) is 4.90 Å². The number of hydrogen-bond acceptors (Lipinski definition) is 7. The average molecular weight is 411 g/mol. The van der Waals surface area contributed by atoms with Gasteiger partial charge in [-0.25, -0.2) is 0 Å². The van der Waals surface area contributed by atoms with E-state index in [0.29, 0.717) is 25.4 Å².